The highest BCUT2D eigenvalue weighted by Crippen LogP contribution is 2.39. The normalized spacial score (nSPS) is 17.8. The summed E-state index contributed by atoms with van der Waals surface area (Å²) < 4.78 is 0. The van der Waals surface area contributed by atoms with Gasteiger partial charge < -0.3 is 20.0 Å². The maximum Gasteiger partial charge on any atom is 0.322 e. The molecule has 41 heavy (non-hydrogen) atoms. The first-order valence-electron chi connectivity index (χ1n) is 14.7. The van der Waals surface area contributed by atoms with E-state index < -0.39 is 12.1 Å². The van der Waals surface area contributed by atoms with Gasteiger partial charge in [-0.2, -0.15) is 0 Å². The van der Waals surface area contributed by atoms with Crippen molar-refractivity contribution < 1.29 is 14.4 Å². The Morgan fingerprint density at radius 3 is 2.37 bits per heavy atom. The molecule has 0 fully saturated rings. The van der Waals surface area contributed by atoms with Crippen LogP contribution in [0.2, 0.25) is 0 Å². The molecule has 1 N–H and O–H groups in total. The van der Waals surface area contributed by atoms with Crippen LogP contribution in [0.3, 0.4) is 0 Å². The molecule has 2 aliphatic heterocycles. The smallest absolute Gasteiger partial charge is 0.322 e. The van der Waals surface area contributed by atoms with Crippen LogP contribution < -0.4 is 5.32 Å². The molecule has 2 aromatic rings. The first kappa shape index (κ1) is 30.3. The van der Waals surface area contributed by atoms with Crippen LogP contribution >= 0.6 is 0 Å². The number of likely N-dealkylation sites (N-methyl/N-ethyl adjacent to an activating group) is 2. The molecule has 2 aromatic carbocycles. The number of hydrogen-bond acceptors (Lipinski definition) is 4. The van der Waals surface area contributed by atoms with Crippen LogP contribution in [-0.2, 0) is 16.1 Å². The Morgan fingerprint density at radius 2 is 1.76 bits per heavy atom. The fourth-order valence-corrected chi connectivity index (χ4v) is 5.89. The Bertz CT molecular complexity index is 1300. The zero-order chi connectivity index (χ0) is 29.8. The predicted molar refractivity (Wildman–Crippen MR) is 162 cm³/mol. The van der Waals surface area contributed by atoms with Gasteiger partial charge in [-0.25, -0.2) is 4.79 Å². The standard InChI is InChI=1S/C33H45N5O3/c1-8-37-28-21-38(32(40)29(28)30(34-33(37)41)26-15-14-23(4)19-24(26)5)27(18-22(2)3)31(39)36(17-16-35(6)7)20-25-12-10-9-11-13-25/h9-15,19,22,27,30H,8,16-18,20-21H2,1-7H3,(H,34,41). The Morgan fingerprint density at radius 1 is 1.05 bits per heavy atom. The molecular weight excluding hydrogens is 514 g/mol. The van der Waals surface area contributed by atoms with Gasteiger partial charge >= 0.3 is 6.03 Å². The largest absolute Gasteiger partial charge is 0.335 e. The third-order valence-electron chi connectivity index (χ3n) is 8.00. The zero-order valence-corrected chi connectivity index (χ0v) is 25.6. The van der Waals surface area contributed by atoms with Crippen molar-refractivity contribution in [3.8, 4) is 0 Å². The van der Waals surface area contributed by atoms with Gasteiger partial charge in [0.05, 0.1) is 23.9 Å². The molecular formula is C33H45N5O3. The molecule has 8 nitrogen and oxygen atoms in total. The van der Waals surface area contributed by atoms with Crippen molar-refractivity contribution in [2.75, 3.05) is 40.3 Å². The quantitative estimate of drug-likeness (QED) is 0.440. The minimum absolute atomic E-state index is 0.0528. The molecule has 2 aliphatic rings. The minimum atomic E-state index is -0.632. The monoisotopic (exact) mass is 559 g/mol. The van der Waals surface area contributed by atoms with Crippen molar-refractivity contribution in [1.82, 2.24) is 24.9 Å². The number of carbonyl (C=O) groups is 3. The highest BCUT2D eigenvalue weighted by atomic mass is 16.2. The Kier molecular flexibility index (Phi) is 9.53. The van der Waals surface area contributed by atoms with Gasteiger partial charge in [0.15, 0.2) is 0 Å². The summed E-state index contributed by atoms with van der Waals surface area (Å²) in [6.07, 6.45) is 0.542. The van der Waals surface area contributed by atoms with Crippen LogP contribution in [0.4, 0.5) is 4.79 Å². The molecule has 220 valence electrons. The van der Waals surface area contributed by atoms with Gasteiger partial charge in [-0.3, -0.25) is 14.5 Å². The molecule has 0 aromatic heterocycles. The van der Waals surface area contributed by atoms with Crippen LogP contribution in [0.1, 0.15) is 55.5 Å². The molecule has 2 atom stereocenters. The van der Waals surface area contributed by atoms with Crippen LogP contribution in [-0.4, -0.2) is 83.8 Å². The lowest BCUT2D eigenvalue weighted by Crippen LogP contribution is -2.51. The number of rotatable bonds is 11. The van der Waals surface area contributed by atoms with Crippen molar-refractivity contribution in [2.24, 2.45) is 5.92 Å². The highest BCUT2D eigenvalue weighted by Gasteiger charge is 2.47. The summed E-state index contributed by atoms with van der Waals surface area (Å²) >= 11 is 0. The third-order valence-corrected chi connectivity index (χ3v) is 8.00. The molecule has 0 radical (unpaired) electrons. The third kappa shape index (κ3) is 6.64. The van der Waals surface area contributed by atoms with E-state index in [9.17, 15) is 14.4 Å². The van der Waals surface area contributed by atoms with Crippen molar-refractivity contribution in [2.45, 2.75) is 59.7 Å². The van der Waals surface area contributed by atoms with E-state index in [-0.39, 0.29) is 30.3 Å². The molecule has 4 amide bonds. The average Bonchev–Trinajstić information content (AvgIpc) is 3.26. The summed E-state index contributed by atoms with van der Waals surface area (Å²) in [5.74, 6) is -0.0309. The predicted octanol–water partition coefficient (Wildman–Crippen LogP) is 4.49. The summed E-state index contributed by atoms with van der Waals surface area (Å²) in [6.45, 7) is 12.5. The Labute approximate surface area is 245 Å². The van der Waals surface area contributed by atoms with Crippen molar-refractivity contribution in [3.63, 3.8) is 0 Å². The van der Waals surface area contributed by atoms with Gasteiger partial charge in [0.2, 0.25) is 5.91 Å². The molecule has 8 heteroatoms. The summed E-state index contributed by atoms with van der Waals surface area (Å²) in [4.78, 5) is 49.3. The van der Waals surface area contributed by atoms with E-state index in [0.717, 1.165) is 22.3 Å². The lowest BCUT2D eigenvalue weighted by molar-refractivity contribution is -0.144. The molecule has 4 rings (SSSR count). The molecule has 0 spiro atoms. The second-order valence-electron chi connectivity index (χ2n) is 12.0. The first-order valence-corrected chi connectivity index (χ1v) is 14.7. The van der Waals surface area contributed by atoms with Gasteiger partial charge in [0, 0.05) is 26.2 Å². The molecule has 0 aliphatic carbocycles. The number of benzene rings is 2. The lowest BCUT2D eigenvalue weighted by Gasteiger charge is -2.34. The number of nitrogens with one attached hydrogen (secondary N) is 1. The van der Waals surface area contributed by atoms with E-state index in [1.54, 1.807) is 9.80 Å². The first-order chi connectivity index (χ1) is 19.5. The Balaban J connectivity index is 1.71. The summed E-state index contributed by atoms with van der Waals surface area (Å²) in [6, 6.07) is 14.7. The number of nitrogens with zero attached hydrogens (tertiary/aromatic N) is 4. The number of urea groups is 1. The highest BCUT2D eigenvalue weighted by molar-refractivity contribution is 6.03. The number of carbonyl (C=O) groups excluding carboxylic acids is 3. The summed E-state index contributed by atoms with van der Waals surface area (Å²) in [5, 5.41) is 3.09. The SMILES string of the molecule is CCN1C(=O)NC(c2ccc(C)cc2C)C2=C1CN(C(CC(C)C)C(=O)N(CCN(C)C)Cc1ccccc1)C2=O. The van der Waals surface area contributed by atoms with E-state index in [1.165, 1.54) is 0 Å². The van der Waals surface area contributed by atoms with Gasteiger partial charge in [-0.15, -0.1) is 0 Å². The maximum absolute atomic E-state index is 14.4. The number of aryl methyl sites for hydroxylation is 2. The fraction of sp³-hybridized carbons (Fsp3) is 0.485. The summed E-state index contributed by atoms with van der Waals surface area (Å²) in [5.41, 5.74) is 5.38. The van der Waals surface area contributed by atoms with E-state index >= 15 is 0 Å². The molecule has 0 saturated carbocycles. The van der Waals surface area contributed by atoms with Crippen molar-refractivity contribution in [1.29, 1.82) is 0 Å². The molecule has 2 heterocycles. The number of hydrogen-bond donors (Lipinski definition) is 1. The van der Waals surface area contributed by atoms with E-state index in [2.05, 4.69) is 30.1 Å². The van der Waals surface area contributed by atoms with Crippen LogP contribution in [0.25, 0.3) is 0 Å². The molecule has 0 bridgehead atoms. The van der Waals surface area contributed by atoms with Crippen LogP contribution in [0, 0.1) is 19.8 Å². The lowest BCUT2D eigenvalue weighted by atomic mass is 9.91. The number of amides is 4. The van der Waals surface area contributed by atoms with Gasteiger partial charge in [0.25, 0.3) is 5.91 Å². The van der Waals surface area contributed by atoms with Gasteiger partial charge in [-0.05, 0) is 63.9 Å². The van der Waals surface area contributed by atoms with Crippen LogP contribution in [0.5, 0.6) is 0 Å². The van der Waals surface area contributed by atoms with Crippen molar-refractivity contribution in [3.05, 3.63) is 82.1 Å². The van der Waals surface area contributed by atoms with Gasteiger partial charge in [-0.1, -0.05) is 67.9 Å². The summed E-state index contributed by atoms with van der Waals surface area (Å²) in [7, 11) is 3.99. The fourth-order valence-electron chi connectivity index (χ4n) is 5.89. The molecule has 0 saturated heterocycles. The van der Waals surface area contributed by atoms with E-state index in [0.29, 0.717) is 43.9 Å². The van der Waals surface area contributed by atoms with Crippen molar-refractivity contribution >= 4 is 17.8 Å². The van der Waals surface area contributed by atoms with E-state index in [1.807, 2.05) is 82.2 Å². The van der Waals surface area contributed by atoms with Gasteiger partial charge in [0.1, 0.15) is 6.04 Å². The minimum Gasteiger partial charge on any atom is -0.335 e. The maximum atomic E-state index is 14.4. The second kappa shape index (κ2) is 12.9. The van der Waals surface area contributed by atoms with Crippen LogP contribution in [0.15, 0.2) is 59.8 Å². The Hall–Kier alpha value is -3.65. The average molecular weight is 560 g/mol. The molecule has 2 unspecified atom stereocenters. The zero-order valence-electron chi connectivity index (χ0n) is 25.6. The van der Waals surface area contributed by atoms with E-state index in [4.69, 9.17) is 0 Å². The second-order valence-corrected chi connectivity index (χ2v) is 12.0. The topological polar surface area (TPSA) is 76.2 Å².